The number of hydrogen-bond donors (Lipinski definition) is 0. The number of nitriles is 1. The first kappa shape index (κ1) is 11.9. The molecule has 1 aliphatic rings. The van der Waals surface area contributed by atoms with Crippen LogP contribution in [0.1, 0.15) is 49.3 Å². The minimum absolute atomic E-state index is 0.0477. The Kier molecular flexibility index (Phi) is 3.28. The molecule has 88 valence electrons. The van der Waals surface area contributed by atoms with Gasteiger partial charge in [0, 0.05) is 11.8 Å². The second-order valence-electron chi connectivity index (χ2n) is 5.03. The highest BCUT2D eigenvalue weighted by atomic mass is 16.1. The van der Waals surface area contributed by atoms with Crippen molar-refractivity contribution in [2.45, 2.75) is 39.0 Å². The van der Waals surface area contributed by atoms with E-state index in [4.69, 9.17) is 5.26 Å². The van der Waals surface area contributed by atoms with Crippen molar-refractivity contribution in [3.63, 3.8) is 0 Å². The van der Waals surface area contributed by atoms with Crippen LogP contribution in [0.25, 0.3) is 0 Å². The van der Waals surface area contributed by atoms with Gasteiger partial charge in [-0.2, -0.15) is 5.26 Å². The van der Waals surface area contributed by atoms with Crippen molar-refractivity contribution in [2.24, 2.45) is 5.92 Å². The van der Waals surface area contributed by atoms with Gasteiger partial charge in [0.1, 0.15) is 5.78 Å². The molecule has 17 heavy (non-hydrogen) atoms. The molecule has 0 saturated carbocycles. The lowest BCUT2D eigenvalue weighted by atomic mass is 9.77. The molecule has 1 aliphatic carbocycles. The van der Waals surface area contributed by atoms with Gasteiger partial charge in [-0.1, -0.05) is 19.9 Å². The Bertz CT molecular complexity index is 482. The molecular formula is C15H17NO. The number of ketones is 1. The Morgan fingerprint density at radius 3 is 2.88 bits per heavy atom. The van der Waals surface area contributed by atoms with Gasteiger partial charge in [-0.05, 0) is 42.5 Å². The number of rotatable bonds is 2. The SMILES string of the molecule is CC(C)C(=O)C1CCCc2cc(C#N)ccc21. The minimum Gasteiger partial charge on any atom is -0.299 e. The monoisotopic (exact) mass is 227 g/mol. The van der Waals surface area contributed by atoms with Crippen molar-refractivity contribution in [2.75, 3.05) is 0 Å². The van der Waals surface area contributed by atoms with Crippen LogP contribution in [0.4, 0.5) is 0 Å². The van der Waals surface area contributed by atoms with Crippen LogP contribution in [-0.2, 0) is 11.2 Å². The number of carbonyl (C=O) groups excluding carboxylic acids is 1. The zero-order valence-corrected chi connectivity index (χ0v) is 10.4. The van der Waals surface area contributed by atoms with E-state index in [1.54, 1.807) is 0 Å². The summed E-state index contributed by atoms with van der Waals surface area (Å²) < 4.78 is 0. The van der Waals surface area contributed by atoms with Gasteiger partial charge in [0.15, 0.2) is 0 Å². The van der Waals surface area contributed by atoms with Crippen molar-refractivity contribution in [3.05, 3.63) is 34.9 Å². The van der Waals surface area contributed by atoms with E-state index < -0.39 is 0 Å². The number of fused-ring (bicyclic) bond motifs is 1. The Morgan fingerprint density at radius 1 is 1.47 bits per heavy atom. The van der Waals surface area contributed by atoms with E-state index in [-0.39, 0.29) is 11.8 Å². The second kappa shape index (κ2) is 4.71. The van der Waals surface area contributed by atoms with Crippen molar-refractivity contribution < 1.29 is 4.79 Å². The molecule has 0 radical (unpaired) electrons. The summed E-state index contributed by atoms with van der Waals surface area (Å²) in [5.41, 5.74) is 3.03. The summed E-state index contributed by atoms with van der Waals surface area (Å²) in [6.45, 7) is 3.92. The van der Waals surface area contributed by atoms with E-state index in [1.165, 1.54) is 5.56 Å². The van der Waals surface area contributed by atoms with E-state index in [0.717, 1.165) is 24.8 Å². The fourth-order valence-corrected chi connectivity index (χ4v) is 2.58. The molecule has 0 amide bonds. The molecule has 1 aromatic rings. The third-order valence-corrected chi connectivity index (χ3v) is 3.50. The summed E-state index contributed by atoms with van der Waals surface area (Å²) in [6, 6.07) is 7.89. The number of Topliss-reactive ketones (excluding diaryl/α,β-unsaturated/α-hetero) is 1. The van der Waals surface area contributed by atoms with E-state index >= 15 is 0 Å². The summed E-state index contributed by atoms with van der Waals surface area (Å²) in [5, 5.41) is 8.89. The number of benzene rings is 1. The molecule has 1 atom stereocenters. The Morgan fingerprint density at radius 2 is 2.24 bits per heavy atom. The molecule has 2 heteroatoms. The third-order valence-electron chi connectivity index (χ3n) is 3.50. The third kappa shape index (κ3) is 2.24. The average molecular weight is 227 g/mol. The molecule has 0 heterocycles. The lowest BCUT2D eigenvalue weighted by Gasteiger charge is -2.25. The summed E-state index contributed by atoms with van der Waals surface area (Å²) in [5.74, 6) is 0.462. The van der Waals surface area contributed by atoms with E-state index in [9.17, 15) is 4.79 Å². The fraction of sp³-hybridized carbons (Fsp3) is 0.467. The summed E-state index contributed by atoms with van der Waals surface area (Å²) in [7, 11) is 0. The Labute approximate surface area is 102 Å². The summed E-state index contributed by atoms with van der Waals surface area (Å²) in [4.78, 5) is 12.2. The molecule has 0 spiro atoms. The van der Waals surface area contributed by atoms with Gasteiger partial charge >= 0.3 is 0 Å². The maximum atomic E-state index is 12.2. The van der Waals surface area contributed by atoms with Crippen LogP contribution < -0.4 is 0 Å². The van der Waals surface area contributed by atoms with Crippen LogP contribution in [0.15, 0.2) is 18.2 Å². The maximum absolute atomic E-state index is 12.2. The highest BCUT2D eigenvalue weighted by Crippen LogP contribution is 2.34. The van der Waals surface area contributed by atoms with Crippen LogP contribution in [-0.4, -0.2) is 5.78 Å². The smallest absolute Gasteiger partial charge is 0.142 e. The van der Waals surface area contributed by atoms with Crippen molar-refractivity contribution in [1.82, 2.24) is 0 Å². The number of aryl methyl sites for hydroxylation is 1. The van der Waals surface area contributed by atoms with Crippen LogP contribution in [0.5, 0.6) is 0 Å². The summed E-state index contributed by atoms with van der Waals surface area (Å²) >= 11 is 0. The molecule has 0 aliphatic heterocycles. The van der Waals surface area contributed by atoms with Crippen molar-refractivity contribution in [1.29, 1.82) is 5.26 Å². The van der Waals surface area contributed by atoms with Crippen LogP contribution in [0.3, 0.4) is 0 Å². The van der Waals surface area contributed by atoms with Crippen molar-refractivity contribution >= 4 is 5.78 Å². The van der Waals surface area contributed by atoms with E-state index in [0.29, 0.717) is 11.3 Å². The zero-order valence-electron chi connectivity index (χ0n) is 10.4. The van der Waals surface area contributed by atoms with Crippen molar-refractivity contribution in [3.8, 4) is 6.07 Å². The normalized spacial score (nSPS) is 18.6. The molecule has 0 bridgehead atoms. The molecular weight excluding hydrogens is 210 g/mol. The molecule has 0 N–H and O–H groups in total. The Balaban J connectivity index is 2.39. The highest BCUT2D eigenvalue weighted by molar-refractivity contribution is 5.88. The largest absolute Gasteiger partial charge is 0.299 e. The van der Waals surface area contributed by atoms with Gasteiger partial charge in [0.05, 0.1) is 11.6 Å². The van der Waals surface area contributed by atoms with Crippen LogP contribution in [0, 0.1) is 17.2 Å². The number of carbonyl (C=O) groups is 1. The first-order valence-corrected chi connectivity index (χ1v) is 6.20. The van der Waals surface area contributed by atoms with Gasteiger partial charge in [-0.3, -0.25) is 4.79 Å². The zero-order chi connectivity index (χ0) is 12.4. The van der Waals surface area contributed by atoms with Gasteiger partial charge in [0.2, 0.25) is 0 Å². The molecule has 0 fully saturated rings. The molecule has 0 saturated heterocycles. The predicted molar refractivity (Wildman–Crippen MR) is 66.7 cm³/mol. The van der Waals surface area contributed by atoms with E-state index in [1.807, 2.05) is 32.0 Å². The standard InChI is InChI=1S/C15H17NO/c1-10(2)15(17)14-5-3-4-12-8-11(9-16)6-7-13(12)14/h6-8,10,14H,3-5H2,1-2H3. The average Bonchev–Trinajstić information content (AvgIpc) is 2.36. The molecule has 0 aromatic heterocycles. The lowest BCUT2D eigenvalue weighted by Crippen LogP contribution is -2.22. The minimum atomic E-state index is 0.0477. The molecule has 1 aromatic carbocycles. The fourth-order valence-electron chi connectivity index (χ4n) is 2.58. The van der Waals surface area contributed by atoms with Gasteiger partial charge in [0.25, 0.3) is 0 Å². The highest BCUT2D eigenvalue weighted by Gasteiger charge is 2.27. The first-order chi connectivity index (χ1) is 8.13. The van der Waals surface area contributed by atoms with Gasteiger partial charge in [-0.25, -0.2) is 0 Å². The number of hydrogen-bond acceptors (Lipinski definition) is 2. The van der Waals surface area contributed by atoms with Crippen LogP contribution >= 0.6 is 0 Å². The van der Waals surface area contributed by atoms with E-state index in [2.05, 4.69) is 6.07 Å². The lowest BCUT2D eigenvalue weighted by molar-refractivity contribution is -0.123. The molecule has 1 unspecified atom stereocenters. The maximum Gasteiger partial charge on any atom is 0.142 e. The Hall–Kier alpha value is -1.62. The summed E-state index contributed by atoms with van der Waals surface area (Å²) in [6.07, 6.45) is 2.99. The topological polar surface area (TPSA) is 40.9 Å². The predicted octanol–water partition coefficient (Wildman–Crippen LogP) is 3.20. The first-order valence-electron chi connectivity index (χ1n) is 6.20. The van der Waals surface area contributed by atoms with Gasteiger partial charge < -0.3 is 0 Å². The second-order valence-corrected chi connectivity index (χ2v) is 5.03. The molecule has 2 nitrogen and oxygen atoms in total. The number of nitrogens with zero attached hydrogens (tertiary/aromatic N) is 1. The van der Waals surface area contributed by atoms with Crippen LogP contribution in [0.2, 0.25) is 0 Å². The van der Waals surface area contributed by atoms with Gasteiger partial charge in [-0.15, -0.1) is 0 Å². The molecule has 2 rings (SSSR count). The quantitative estimate of drug-likeness (QED) is 0.778.